The maximum atomic E-state index is 12.2. The van der Waals surface area contributed by atoms with Crippen LogP contribution < -0.4 is 5.32 Å². The first kappa shape index (κ1) is 9.19. The molecular formula is C11H12FNO. The van der Waals surface area contributed by atoms with Crippen molar-refractivity contribution in [2.75, 3.05) is 0 Å². The van der Waals surface area contributed by atoms with Crippen molar-refractivity contribution < 1.29 is 9.18 Å². The van der Waals surface area contributed by atoms with Gasteiger partial charge in [0.1, 0.15) is 0 Å². The van der Waals surface area contributed by atoms with Crippen LogP contribution in [0.25, 0.3) is 0 Å². The highest BCUT2D eigenvalue weighted by Gasteiger charge is 2.20. The van der Waals surface area contributed by atoms with Gasteiger partial charge >= 0.3 is 6.16 Å². The average molecular weight is 193 g/mol. The summed E-state index contributed by atoms with van der Waals surface area (Å²) in [5.41, 5.74) is 2.28. The lowest BCUT2D eigenvalue weighted by molar-refractivity contribution is 0.215. The highest BCUT2D eigenvalue weighted by Crippen LogP contribution is 2.29. The van der Waals surface area contributed by atoms with E-state index >= 15 is 0 Å². The fraction of sp³-hybridized carbons (Fsp3) is 0.364. The van der Waals surface area contributed by atoms with E-state index in [4.69, 9.17) is 0 Å². The van der Waals surface area contributed by atoms with Crippen LogP contribution >= 0.6 is 0 Å². The number of halogens is 1. The van der Waals surface area contributed by atoms with Crippen molar-refractivity contribution in [3.05, 3.63) is 35.4 Å². The van der Waals surface area contributed by atoms with E-state index < -0.39 is 6.16 Å². The van der Waals surface area contributed by atoms with E-state index in [0.717, 1.165) is 24.8 Å². The summed E-state index contributed by atoms with van der Waals surface area (Å²) in [4.78, 5) is 10.3. The predicted molar refractivity (Wildman–Crippen MR) is 51.8 cm³/mol. The molecule has 0 unspecified atom stereocenters. The Kier molecular flexibility index (Phi) is 2.48. The number of carbonyl (C=O) groups excluding carboxylic acids is 1. The van der Waals surface area contributed by atoms with Crippen molar-refractivity contribution in [3.8, 4) is 0 Å². The molecule has 2 rings (SSSR count). The molecule has 3 heteroatoms. The first-order valence-electron chi connectivity index (χ1n) is 4.81. The molecule has 1 N–H and O–H groups in total. The number of fused-ring (bicyclic) bond motifs is 1. The van der Waals surface area contributed by atoms with Crippen LogP contribution in [0.1, 0.15) is 30.0 Å². The van der Waals surface area contributed by atoms with Crippen LogP contribution in [0.15, 0.2) is 24.3 Å². The molecule has 1 aromatic rings. The quantitative estimate of drug-likeness (QED) is 0.539. The Morgan fingerprint density at radius 1 is 1.43 bits per heavy atom. The van der Waals surface area contributed by atoms with Crippen molar-refractivity contribution >= 4 is 6.16 Å². The molecule has 1 aliphatic carbocycles. The molecule has 0 bridgehead atoms. The maximum Gasteiger partial charge on any atom is 0.397 e. The molecule has 1 amide bonds. The van der Waals surface area contributed by atoms with Gasteiger partial charge in [0.05, 0.1) is 6.04 Å². The lowest BCUT2D eigenvalue weighted by atomic mass is 9.88. The Hall–Kier alpha value is -1.38. The summed E-state index contributed by atoms with van der Waals surface area (Å²) >= 11 is 0. The molecular weight excluding hydrogens is 181 g/mol. The van der Waals surface area contributed by atoms with Crippen molar-refractivity contribution in [2.45, 2.75) is 25.3 Å². The van der Waals surface area contributed by atoms with Gasteiger partial charge in [-0.25, -0.2) is 4.79 Å². The molecule has 0 saturated heterocycles. The second-order valence-corrected chi connectivity index (χ2v) is 3.56. The Morgan fingerprint density at radius 2 is 2.21 bits per heavy atom. The zero-order valence-corrected chi connectivity index (χ0v) is 7.79. The van der Waals surface area contributed by atoms with E-state index in [1.165, 1.54) is 5.56 Å². The molecule has 1 aliphatic rings. The molecule has 0 radical (unpaired) electrons. The number of benzene rings is 1. The molecule has 0 heterocycles. The van der Waals surface area contributed by atoms with Crippen molar-refractivity contribution in [1.29, 1.82) is 0 Å². The highest BCUT2D eigenvalue weighted by atomic mass is 19.1. The molecule has 0 spiro atoms. The van der Waals surface area contributed by atoms with Crippen LogP contribution in [0.3, 0.4) is 0 Å². The van der Waals surface area contributed by atoms with Gasteiger partial charge in [0.25, 0.3) is 0 Å². The van der Waals surface area contributed by atoms with Crippen LogP contribution in [0.5, 0.6) is 0 Å². The van der Waals surface area contributed by atoms with Crippen molar-refractivity contribution in [3.63, 3.8) is 0 Å². The first-order valence-corrected chi connectivity index (χ1v) is 4.81. The number of carbonyl (C=O) groups is 1. The van der Waals surface area contributed by atoms with Crippen molar-refractivity contribution in [2.24, 2.45) is 0 Å². The predicted octanol–water partition coefficient (Wildman–Crippen LogP) is 2.74. The molecule has 74 valence electrons. The monoisotopic (exact) mass is 193 g/mol. The zero-order valence-electron chi connectivity index (χ0n) is 7.79. The summed E-state index contributed by atoms with van der Waals surface area (Å²) in [6.07, 6.45) is 1.41. The standard InChI is InChI=1S/C11H12FNO/c12-11(14)13-10-7-3-5-8-4-1-2-6-9(8)10/h1-2,4,6,10H,3,5,7H2,(H,13,14)/t10-/m1/s1. The number of aryl methyl sites for hydroxylation is 1. The molecule has 2 nitrogen and oxygen atoms in total. The van der Waals surface area contributed by atoms with Gasteiger partial charge in [-0.2, -0.15) is 0 Å². The number of rotatable bonds is 1. The Labute approximate surface area is 82.1 Å². The normalized spacial score (nSPS) is 19.9. The summed E-state index contributed by atoms with van der Waals surface area (Å²) in [6, 6.07) is 7.73. The van der Waals surface area contributed by atoms with Gasteiger partial charge in [-0.15, -0.1) is 4.39 Å². The van der Waals surface area contributed by atoms with Gasteiger partial charge in [0.2, 0.25) is 0 Å². The smallest absolute Gasteiger partial charge is 0.321 e. The second kappa shape index (κ2) is 3.78. The summed E-state index contributed by atoms with van der Waals surface area (Å²) in [5, 5.41) is 2.33. The van der Waals surface area contributed by atoms with Gasteiger partial charge in [-0.05, 0) is 30.4 Å². The van der Waals surface area contributed by atoms with Crippen LogP contribution in [0.2, 0.25) is 0 Å². The third-order valence-corrected chi connectivity index (χ3v) is 2.66. The lowest BCUT2D eigenvalue weighted by Gasteiger charge is -2.24. The third-order valence-electron chi connectivity index (χ3n) is 2.66. The minimum atomic E-state index is -1.44. The topological polar surface area (TPSA) is 29.1 Å². The zero-order chi connectivity index (χ0) is 9.97. The number of nitrogens with one attached hydrogen (secondary N) is 1. The maximum absolute atomic E-state index is 12.2. The van der Waals surface area contributed by atoms with Crippen molar-refractivity contribution in [1.82, 2.24) is 5.32 Å². The average Bonchev–Trinajstić information content (AvgIpc) is 2.18. The van der Waals surface area contributed by atoms with Crippen LogP contribution in [-0.4, -0.2) is 6.16 Å². The Morgan fingerprint density at radius 3 is 3.00 bits per heavy atom. The van der Waals surface area contributed by atoms with E-state index in [-0.39, 0.29) is 6.04 Å². The van der Waals surface area contributed by atoms with E-state index in [1.54, 1.807) is 0 Å². The summed E-state index contributed by atoms with van der Waals surface area (Å²) in [5.74, 6) is 0. The molecule has 1 aromatic carbocycles. The summed E-state index contributed by atoms with van der Waals surface area (Å²) < 4.78 is 12.2. The minimum absolute atomic E-state index is 0.141. The molecule has 14 heavy (non-hydrogen) atoms. The minimum Gasteiger partial charge on any atom is -0.321 e. The number of hydrogen-bond donors (Lipinski definition) is 1. The summed E-state index contributed by atoms with van der Waals surface area (Å²) in [7, 11) is 0. The Balaban J connectivity index is 2.26. The van der Waals surface area contributed by atoms with Crippen LogP contribution in [0, 0.1) is 0 Å². The van der Waals surface area contributed by atoms with Gasteiger partial charge in [0.15, 0.2) is 0 Å². The van der Waals surface area contributed by atoms with E-state index in [9.17, 15) is 9.18 Å². The highest BCUT2D eigenvalue weighted by molar-refractivity contribution is 5.66. The second-order valence-electron chi connectivity index (χ2n) is 3.56. The fourth-order valence-electron chi connectivity index (χ4n) is 2.04. The SMILES string of the molecule is O=C(F)N[C@@H]1CCCc2ccccc21. The fourth-order valence-corrected chi connectivity index (χ4v) is 2.04. The molecule has 0 fully saturated rings. The number of hydrogen-bond acceptors (Lipinski definition) is 1. The molecule has 0 saturated carbocycles. The van der Waals surface area contributed by atoms with E-state index in [1.807, 2.05) is 24.3 Å². The van der Waals surface area contributed by atoms with Gasteiger partial charge in [0, 0.05) is 0 Å². The number of amides is 1. The third kappa shape index (κ3) is 1.76. The van der Waals surface area contributed by atoms with Crippen LogP contribution in [0.4, 0.5) is 9.18 Å². The van der Waals surface area contributed by atoms with Gasteiger partial charge in [-0.3, -0.25) is 0 Å². The molecule has 0 aliphatic heterocycles. The Bertz CT molecular complexity index is 351. The first-order chi connectivity index (χ1) is 6.77. The van der Waals surface area contributed by atoms with Gasteiger partial charge in [-0.1, -0.05) is 24.3 Å². The van der Waals surface area contributed by atoms with Gasteiger partial charge < -0.3 is 5.32 Å². The van der Waals surface area contributed by atoms with E-state index in [2.05, 4.69) is 5.32 Å². The van der Waals surface area contributed by atoms with E-state index in [0.29, 0.717) is 0 Å². The largest absolute Gasteiger partial charge is 0.397 e. The molecule has 0 aromatic heterocycles. The van der Waals surface area contributed by atoms with Crippen LogP contribution in [-0.2, 0) is 6.42 Å². The lowest BCUT2D eigenvalue weighted by Crippen LogP contribution is -2.27. The summed E-state index contributed by atoms with van der Waals surface area (Å²) in [6.45, 7) is 0. The molecule has 1 atom stereocenters.